The van der Waals surface area contributed by atoms with Crippen LogP contribution in [0.3, 0.4) is 0 Å². The molecule has 0 radical (unpaired) electrons. The fraction of sp³-hybridized carbons (Fsp3) is 0.520. The number of rotatable bonds is 5. The summed E-state index contributed by atoms with van der Waals surface area (Å²) in [4.78, 5) is 9.29. The van der Waals surface area contributed by atoms with Crippen molar-refractivity contribution in [3.63, 3.8) is 0 Å². The van der Waals surface area contributed by atoms with E-state index in [4.69, 9.17) is 16.3 Å². The summed E-state index contributed by atoms with van der Waals surface area (Å²) in [7, 11) is 0. The SMILES string of the molecule is Cc1c(Nc2cc3cc(N4CCN([C@@]5(C)COC[C@H]5O)CC4)c(Cl)cc3cn2)cnn1C1CC1. The molecule has 0 amide bonds. The second-order valence-corrected chi connectivity index (χ2v) is 10.4. The highest BCUT2D eigenvalue weighted by Gasteiger charge is 2.44. The molecule has 2 N–H and O–H groups in total. The quantitative estimate of drug-likeness (QED) is 0.573. The molecule has 1 aromatic carbocycles. The second-order valence-electron chi connectivity index (χ2n) is 10.0. The molecule has 2 aliphatic heterocycles. The Morgan fingerprint density at radius 1 is 1.12 bits per heavy atom. The number of aliphatic hydroxyl groups excluding tert-OH is 1. The lowest BCUT2D eigenvalue weighted by atomic mass is 9.95. The van der Waals surface area contributed by atoms with Gasteiger partial charge in [0.2, 0.25) is 0 Å². The third kappa shape index (κ3) is 3.82. The summed E-state index contributed by atoms with van der Waals surface area (Å²) in [6, 6.07) is 6.79. The van der Waals surface area contributed by atoms with Gasteiger partial charge in [0.15, 0.2) is 0 Å². The zero-order valence-electron chi connectivity index (χ0n) is 19.7. The van der Waals surface area contributed by atoms with E-state index in [1.165, 1.54) is 12.8 Å². The Hall–Kier alpha value is -2.39. The van der Waals surface area contributed by atoms with Gasteiger partial charge in [-0.2, -0.15) is 5.10 Å². The molecule has 0 unspecified atom stereocenters. The van der Waals surface area contributed by atoms with Crippen LogP contribution in [0.1, 0.15) is 31.5 Å². The van der Waals surface area contributed by atoms with Gasteiger partial charge in [-0.1, -0.05) is 11.6 Å². The lowest BCUT2D eigenvalue weighted by molar-refractivity contribution is 0.00884. The van der Waals surface area contributed by atoms with E-state index in [9.17, 15) is 5.11 Å². The minimum Gasteiger partial charge on any atom is -0.389 e. The van der Waals surface area contributed by atoms with Crippen LogP contribution in [0.15, 0.2) is 30.6 Å². The number of ether oxygens (including phenoxy) is 1. The maximum Gasteiger partial charge on any atom is 0.131 e. The van der Waals surface area contributed by atoms with Gasteiger partial charge in [0, 0.05) is 37.8 Å². The first-order valence-electron chi connectivity index (χ1n) is 12.1. The van der Waals surface area contributed by atoms with Crippen molar-refractivity contribution in [2.75, 3.05) is 49.6 Å². The number of aromatic nitrogens is 3. The van der Waals surface area contributed by atoms with E-state index in [1.54, 1.807) is 0 Å². The molecule has 1 aliphatic carbocycles. The zero-order chi connectivity index (χ0) is 23.4. The number of anilines is 3. The molecule has 9 heteroatoms. The second kappa shape index (κ2) is 8.37. The van der Waals surface area contributed by atoms with E-state index in [1.807, 2.05) is 18.5 Å². The third-order valence-electron chi connectivity index (χ3n) is 7.72. The van der Waals surface area contributed by atoms with Crippen molar-refractivity contribution in [2.45, 2.75) is 44.4 Å². The molecule has 8 nitrogen and oxygen atoms in total. The highest BCUT2D eigenvalue weighted by molar-refractivity contribution is 6.34. The lowest BCUT2D eigenvalue weighted by Crippen LogP contribution is -2.60. The molecule has 0 spiro atoms. The molecule has 3 fully saturated rings. The summed E-state index contributed by atoms with van der Waals surface area (Å²) in [5.74, 6) is 0.798. The van der Waals surface area contributed by atoms with E-state index in [0.29, 0.717) is 19.3 Å². The van der Waals surface area contributed by atoms with Crippen LogP contribution >= 0.6 is 11.6 Å². The monoisotopic (exact) mass is 482 g/mol. The maximum absolute atomic E-state index is 10.4. The molecule has 6 rings (SSSR count). The minimum absolute atomic E-state index is 0.309. The van der Waals surface area contributed by atoms with Crippen LogP contribution in [-0.2, 0) is 4.74 Å². The molecule has 2 aromatic heterocycles. The van der Waals surface area contributed by atoms with E-state index in [2.05, 4.69) is 55.9 Å². The van der Waals surface area contributed by atoms with Crippen molar-refractivity contribution in [2.24, 2.45) is 0 Å². The van der Waals surface area contributed by atoms with E-state index >= 15 is 0 Å². The Labute approximate surface area is 204 Å². The molecule has 34 heavy (non-hydrogen) atoms. The van der Waals surface area contributed by atoms with Gasteiger partial charge in [-0.3, -0.25) is 9.58 Å². The highest BCUT2D eigenvalue weighted by atomic mass is 35.5. The Morgan fingerprint density at radius 3 is 2.62 bits per heavy atom. The topological polar surface area (TPSA) is 78.7 Å². The molecule has 0 bridgehead atoms. The first-order valence-corrected chi connectivity index (χ1v) is 12.5. The summed E-state index contributed by atoms with van der Waals surface area (Å²) >= 11 is 6.71. The van der Waals surface area contributed by atoms with Crippen LogP contribution in [0.25, 0.3) is 10.8 Å². The van der Waals surface area contributed by atoms with Gasteiger partial charge in [-0.15, -0.1) is 0 Å². The molecule has 3 aromatic rings. The standard InChI is InChI=1S/C25H31ClN6O2/c1-16-21(13-28-32(16)19-3-4-19)29-24-11-17-10-22(20(26)9-18(17)12-27-24)30-5-7-31(8-6-30)25(2)15-34-14-23(25)33/h9-13,19,23,33H,3-8,14-15H2,1-2H3,(H,27,29)/t23-,25+/m1/s1. The summed E-state index contributed by atoms with van der Waals surface area (Å²) in [6.07, 6.45) is 5.73. The predicted octanol–water partition coefficient (Wildman–Crippen LogP) is 3.74. The first-order chi connectivity index (χ1) is 16.4. The smallest absolute Gasteiger partial charge is 0.131 e. The van der Waals surface area contributed by atoms with Gasteiger partial charge in [0.25, 0.3) is 0 Å². The van der Waals surface area contributed by atoms with Gasteiger partial charge in [-0.25, -0.2) is 4.98 Å². The third-order valence-corrected chi connectivity index (χ3v) is 8.02. The van der Waals surface area contributed by atoms with Gasteiger partial charge >= 0.3 is 0 Å². The zero-order valence-corrected chi connectivity index (χ0v) is 20.4. The highest BCUT2D eigenvalue weighted by Crippen LogP contribution is 2.37. The normalized spacial score (nSPS) is 25.9. The van der Waals surface area contributed by atoms with Crippen LogP contribution in [0.2, 0.25) is 5.02 Å². The van der Waals surface area contributed by atoms with Crippen LogP contribution in [0, 0.1) is 6.92 Å². The van der Waals surface area contributed by atoms with Gasteiger partial charge in [-0.05, 0) is 50.3 Å². The first kappa shape index (κ1) is 22.1. The molecule has 180 valence electrons. The van der Waals surface area contributed by atoms with Crippen LogP contribution in [0.4, 0.5) is 17.2 Å². The minimum atomic E-state index is -0.443. The van der Waals surface area contributed by atoms with E-state index in [-0.39, 0.29) is 5.54 Å². The van der Waals surface area contributed by atoms with Crippen molar-refractivity contribution in [3.05, 3.63) is 41.3 Å². The molecule has 1 saturated carbocycles. The summed E-state index contributed by atoms with van der Waals surface area (Å²) < 4.78 is 7.65. The molecule has 4 heterocycles. The summed E-state index contributed by atoms with van der Waals surface area (Å²) in [6.45, 7) is 8.61. The molecular weight excluding hydrogens is 452 g/mol. The molecule has 2 saturated heterocycles. The van der Waals surface area contributed by atoms with Crippen LogP contribution in [-0.4, -0.2) is 75.8 Å². The number of nitrogens with one attached hydrogen (secondary N) is 1. The maximum atomic E-state index is 10.4. The van der Waals surface area contributed by atoms with E-state index in [0.717, 1.165) is 64.9 Å². The summed E-state index contributed by atoms with van der Waals surface area (Å²) in [5.41, 5.74) is 2.87. The van der Waals surface area contributed by atoms with Crippen LogP contribution in [0.5, 0.6) is 0 Å². The largest absolute Gasteiger partial charge is 0.389 e. The average Bonchev–Trinajstić information content (AvgIpc) is 3.54. The summed E-state index contributed by atoms with van der Waals surface area (Å²) in [5, 5.41) is 21.2. The Morgan fingerprint density at radius 2 is 1.91 bits per heavy atom. The van der Waals surface area contributed by atoms with Crippen molar-refractivity contribution in [1.29, 1.82) is 0 Å². The molecule has 3 aliphatic rings. The number of hydrogen-bond donors (Lipinski definition) is 2. The number of halogens is 1. The number of aliphatic hydroxyl groups is 1. The van der Waals surface area contributed by atoms with Gasteiger partial charge in [0.1, 0.15) is 5.82 Å². The fourth-order valence-corrected chi connectivity index (χ4v) is 5.54. The number of benzene rings is 1. The Kier molecular flexibility index (Phi) is 5.44. The Bertz CT molecular complexity index is 1220. The molecular formula is C25H31ClN6O2. The number of pyridine rings is 1. The van der Waals surface area contributed by atoms with Crippen LogP contribution < -0.4 is 10.2 Å². The Balaban J connectivity index is 1.21. The molecule has 2 atom stereocenters. The van der Waals surface area contributed by atoms with Gasteiger partial charge < -0.3 is 20.1 Å². The fourth-order valence-electron chi connectivity index (χ4n) is 5.25. The van der Waals surface area contributed by atoms with Crippen molar-refractivity contribution in [1.82, 2.24) is 19.7 Å². The van der Waals surface area contributed by atoms with Crippen molar-refractivity contribution in [3.8, 4) is 0 Å². The number of nitrogens with zero attached hydrogens (tertiary/aromatic N) is 5. The number of hydrogen-bond acceptors (Lipinski definition) is 7. The number of piperazine rings is 1. The van der Waals surface area contributed by atoms with Gasteiger partial charge in [0.05, 0.1) is 59.2 Å². The number of fused-ring (bicyclic) bond motifs is 1. The van der Waals surface area contributed by atoms with Crippen molar-refractivity contribution >= 4 is 39.6 Å². The van der Waals surface area contributed by atoms with E-state index < -0.39 is 6.10 Å². The average molecular weight is 483 g/mol. The van der Waals surface area contributed by atoms with Crippen molar-refractivity contribution < 1.29 is 9.84 Å². The predicted molar refractivity (Wildman–Crippen MR) is 134 cm³/mol. The lowest BCUT2D eigenvalue weighted by Gasteiger charge is -2.45.